The molecule has 0 spiro atoms. The summed E-state index contributed by atoms with van der Waals surface area (Å²) in [7, 11) is 0. The van der Waals surface area contributed by atoms with Crippen molar-refractivity contribution in [3.8, 4) is 11.5 Å². The molecule has 3 aromatic rings. The third-order valence-electron chi connectivity index (χ3n) is 5.58. The Morgan fingerprint density at radius 1 is 0.900 bits per heavy atom. The summed E-state index contributed by atoms with van der Waals surface area (Å²) >= 11 is 0. The minimum atomic E-state index is -0.730. The van der Waals surface area contributed by atoms with E-state index in [0.717, 1.165) is 22.6 Å². The molecular formula is C25H24FNO3. The number of carbonyl (C=O) groups is 1. The van der Waals surface area contributed by atoms with Gasteiger partial charge in [0.05, 0.1) is 12.0 Å². The first-order valence-electron chi connectivity index (χ1n) is 10.2. The second-order valence-electron chi connectivity index (χ2n) is 7.59. The van der Waals surface area contributed by atoms with E-state index in [1.807, 2.05) is 54.6 Å². The Morgan fingerprint density at radius 2 is 1.57 bits per heavy atom. The summed E-state index contributed by atoms with van der Waals surface area (Å²) in [4.78, 5) is 13.6. The molecule has 0 bridgehead atoms. The van der Waals surface area contributed by atoms with E-state index in [1.165, 1.54) is 12.1 Å². The lowest BCUT2D eigenvalue weighted by Crippen LogP contribution is -2.39. The van der Waals surface area contributed by atoms with Crippen LogP contribution in [0.4, 0.5) is 4.39 Å². The summed E-state index contributed by atoms with van der Waals surface area (Å²) in [6.45, 7) is 1.34. The Morgan fingerprint density at radius 3 is 2.23 bits per heavy atom. The van der Waals surface area contributed by atoms with Gasteiger partial charge in [-0.25, -0.2) is 4.39 Å². The van der Waals surface area contributed by atoms with Gasteiger partial charge in [0.1, 0.15) is 17.3 Å². The number of nitrogens with zero attached hydrogens (tertiary/aromatic N) is 1. The number of piperidine rings is 1. The van der Waals surface area contributed by atoms with E-state index < -0.39 is 5.97 Å². The number of hydrogen-bond donors (Lipinski definition) is 1. The molecule has 4 rings (SSSR count). The van der Waals surface area contributed by atoms with Crippen LogP contribution in [0.25, 0.3) is 0 Å². The van der Waals surface area contributed by atoms with Crippen molar-refractivity contribution >= 4 is 5.97 Å². The van der Waals surface area contributed by atoms with Crippen molar-refractivity contribution in [2.45, 2.75) is 18.9 Å². The second kappa shape index (κ2) is 9.09. The molecule has 0 radical (unpaired) electrons. The third-order valence-corrected chi connectivity index (χ3v) is 5.58. The predicted molar refractivity (Wildman–Crippen MR) is 113 cm³/mol. The first-order valence-corrected chi connectivity index (χ1v) is 10.2. The van der Waals surface area contributed by atoms with E-state index >= 15 is 0 Å². The van der Waals surface area contributed by atoms with Crippen molar-refractivity contribution in [3.63, 3.8) is 0 Å². The molecule has 3 aromatic carbocycles. The smallest absolute Gasteiger partial charge is 0.306 e. The van der Waals surface area contributed by atoms with Crippen LogP contribution < -0.4 is 4.74 Å². The van der Waals surface area contributed by atoms with Gasteiger partial charge < -0.3 is 9.84 Å². The number of para-hydroxylation sites is 1. The molecule has 0 amide bonds. The molecule has 0 saturated carbocycles. The Balaban J connectivity index is 1.63. The summed E-state index contributed by atoms with van der Waals surface area (Å²) < 4.78 is 19.5. The van der Waals surface area contributed by atoms with Gasteiger partial charge in [-0.3, -0.25) is 9.69 Å². The van der Waals surface area contributed by atoms with Gasteiger partial charge in [0.15, 0.2) is 0 Å². The van der Waals surface area contributed by atoms with Gasteiger partial charge in [-0.05, 0) is 73.5 Å². The van der Waals surface area contributed by atoms with Crippen molar-refractivity contribution in [1.82, 2.24) is 4.90 Å². The highest BCUT2D eigenvalue weighted by Crippen LogP contribution is 2.35. The minimum absolute atomic E-state index is 0.0975. The zero-order valence-electron chi connectivity index (χ0n) is 16.6. The Labute approximate surface area is 175 Å². The topological polar surface area (TPSA) is 49.8 Å². The van der Waals surface area contributed by atoms with Crippen molar-refractivity contribution in [1.29, 1.82) is 0 Å². The summed E-state index contributed by atoms with van der Waals surface area (Å²) in [5, 5.41) is 9.33. The average molecular weight is 405 g/mol. The molecule has 4 nitrogen and oxygen atoms in total. The molecule has 1 N–H and O–H groups in total. The van der Waals surface area contributed by atoms with Crippen LogP contribution in [-0.4, -0.2) is 29.1 Å². The van der Waals surface area contributed by atoms with E-state index in [9.17, 15) is 14.3 Å². The maximum atomic E-state index is 13.5. The molecule has 30 heavy (non-hydrogen) atoms. The highest BCUT2D eigenvalue weighted by Gasteiger charge is 2.30. The molecule has 1 atom stereocenters. The Kier molecular flexibility index (Phi) is 6.10. The molecule has 0 aliphatic carbocycles. The molecule has 1 heterocycles. The molecule has 1 saturated heterocycles. The minimum Gasteiger partial charge on any atom is -0.481 e. The summed E-state index contributed by atoms with van der Waals surface area (Å²) in [6, 6.07) is 23.9. The molecule has 0 aromatic heterocycles. The molecule has 1 fully saturated rings. The van der Waals surface area contributed by atoms with Gasteiger partial charge in [0.25, 0.3) is 0 Å². The van der Waals surface area contributed by atoms with Crippen LogP contribution in [0.5, 0.6) is 11.5 Å². The Hall–Kier alpha value is -3.18. The maximum absolute atomic E-state index is 13.5. The molecular weight excluding hydrogens is 381 g/mol. The number of carboxylic acids is 1. The monoisotopic (exact) mass is 405 g/mol. The quantitative estimate of drug-likeness (QED) is 0.588. The van der Waals surface area contributed by atoms with Gasteiger partial charge in [0, 0.05) is 0 Å². The van der Waals surface area contributed by atoms with Crippen LogP contribution in [0.2, 0.25) is 0 Å². The first-order chi connectivity index (χ1) is 14.6. The van der Waals surface area contributed by atoms with Crippen molar-refractivity contribution in [3.05, 3.63) is 95.8 Å². The lowest BCUT2D eigenvalue weighted by molar-refractivity contribution is -0.143. The summed E-state index contributed by atoms with van der Waals surface area (Å²) in [5.41, 5.74) is 2.01. The SMILES string of the molecule is O=C(O)C1CCN(C(c2ccc(F)cc2)c2cccc(Oc3ccccc3)c2)CC1. The largest absolute Gasteiger partial charge is 0.481 e. The standard InChI is InChI=1S/C25H24FNO3/c26-21-11-9-18(10-12-21)24(27-15-13-19(14-16-27)25(28)29)20-5-4-8-23(17-20)30-22-6-2-1-3-7-22/h1-12,17,19,24H,13-16H2,(H,28,29). The lowest BCUT2D eigenvalue weighted by atomic mass is 9.91. The fourth-order valence-electron chi connectivity index (χ4n) is 4.04. The number of carboxylic acid groups (broad SMARTS) is 1. The van der Waals surface area contributed by atoms with Gasteiger partial charge in [0.2, 0.25) is 0 Å². The number of rotatable bonds is 6. The number of benzene rings is 3. The highest BCUT2D eigenvalue weighted by molar-refractivity contribution is 5.70. The molecule has 154 valence electrons. The van der Waals surface area contributed by atoms with Crippen LogP contribution in [-0.2, 0) is 4.79 Å². The normalized spacial score (nSPS) is 16.2. The summed E-state index contributed by atoms with van der Waals surface area (Å²) in [5.74, 6) is 0.179. The van der Waals surface area contributed by atoms with Gasteiger partial charge in [-0.15, -0.1) is 0 Å². The molecule has 1 aliphatic rings. The zero-order chi connectivity index (χ0) is 20.9. The van der Waals surface area contributed by atoms with E-state index in [4.69, 9.17) is 4.74 Å². The maximum Gasteiger partial charge on any atom is 0.306 e. The van der Waals surface area contributed by atoms with Crippen molar-refractivity contribution in [2.75, 3.05) is 13.1 Å². The molecule has 1 aliphatic heterocycles. The van der Waals surface area contributed by atoms with Crippen LogP contribution >= 0.6 is 0 Å². The summed E-state index contributed by atoms with van der Waals surface area (Å²) in [6.07, 6.45) is 1.21. The van der Waals surface area contributed by atoms with E-state index in [2.05, 4.69) is 4.90 Å². The lowest BCUT2D eigenvalue weighted by Gasteiger charge is -2.37. The highest BCUT2D eigenvalue weighted by atomic mass is 19.1. The van der Waals surface area contributed by atoms with Crippen LogP contribution in [0.15, 0.2) is 78.9 Å². The molecule has 1 unspecified atom stereocenters. The van der Waals surface area contributed by atoms with Crippen LogP contribution in [0, 0.1) is 11.7 Å². The Bertz CT molecular complexity index is 983. The zero-order valence-corrected chi connectivity index (χ0v) is 16.6. The van der Waals surface area contributed by atoms with Gasteiger partial charge >= 0.3 is 5.97 Å². The van der Waals surface area contributed by atoms with Gasteiger partial charge in [-0.1, -0.05) is 42.5 Å². The van der Waals surface area contributed by atoms with Crippen molar-refractivity contribution < 1.29 is 19.0 Å². The van der Waals surface area contributed by atoms with Crippen LogP contribution in [0.1, 0.15) is 30.0 Å². The van der Waals surface area contributed by atoms with Gasteiger partial charge in [-0.2, -0.15) is 0 Å². The number of aliphatic carboxylic acids is 1. The van der Waals surface area contributed by atoms with E-state index in [-0.39, 0.29) is 17.8 Å². The average Bonchev–Trinajstić information content (AvgIpc) is 2.77. The fourth-order valence-corrected chi connectivity index (χ4v) is 4.04. The fraction of sp³-hybridized carbons (Fsp3) is 0.240. The number of likely N-dealkylation sites (tertiary alicyclic amines) is 1. The van der Waals surface area contributed by atoms with Crippen LogP contribution in [0.3, 0.4) is 0 Å². The predicted octanol–water partition coefficient (Wildman–Crippen LogP) is 5.50. The second-order valence-corrected chi connectivity index (χ2v) is 7.59. The van der Waals surface area contributed by atoms with Crippen molar-refractivity contribution in [2.24, 2.45) is 5.92 Å². The number of halogens is 1. The van der Waals surface area contributed by atoms with E-state index in [0.29, 0.717) is 25.9 Å². The number of ether oxygens (including phenoxy) is 1. The number of hydrogen-bond acceptors (Lipinski definition) is 3. The first kappa shape index (κ1) is 20.1. The molecule has 5 heteroatoms. The third kappa shape index (κ3) is 4.69. The van der Waals surface area contributed by atoms with E-state index in [1.54, 1.807) is 12.1 Å².